The zero-order valence-corrected chi connectivity index (χ0v) is 15.0. The van der Waals surface area contributed by atoms with Crippen LogP contribution in [0.25, 0.3) is 11.0 Å². The lowest BCUT2D eigenvalue weighted by Crippen LogP contribution is -2.11. The summed E-state index contributed by atoms with van der Waals surface area (Å²) in [7, 11) is 0. The first-order chi connectivity index (χ1) is 11.0. The van der Waals surface area contributed by atoms with Crippen LogP contribution in [-0.4, -0.2) is 21.9 Å². The minimum Gasteiger partial charge on any atom is -0.450 e. The van der Waals surface area contributed by atoms with Gasteiger partial charge in [0.1, 0.15) is 5.58 Å². The van der Waals surface area contributed by atoms with Gasteiger partial charge in [-0.3, -0.25) is 10.1 Å². The Morgan fingerprint density at radius 1 is 1.26 bits per heavy atom. The number of thioether (sulfide) groups is 1. The lowest BCUT2D eigenvalue weighted by Gasteiger charge is -1.99. The Labute approximate surface area is 142 Å². The second kappa shape index (κ2) is 6.33. The molecule has 0 aliphatic rings. The van der Waals surface area contributed by atoms with Crippen molar-refractivity contribution in [2.24, 2.45) is 0 Å². The van der Waals surface area contributed by atoms with Crippen LogP contribution >= 0.6 is 23.1 Å². The van der Waals surface area contributed by atoms with Gasteiger partial charge in [-0.25, -0.2) is 0 Å². The van der Waals surface area contributed by atoms with Gasteiger partial charge in [-0.15, -0.1) is 10.2 Å². The number of fused-ring (bicyclic) bond motifs is 1. The minimum absolute atomic E-state index is 0.292. The molecule has 0 atom stereocenters. The summed E-state index contributed by atoms with van der Waals surface area (Å²) in [5.41, 5.74) is 3.81. The topological polar surface area (TPSA) is 68.0 Å². The second-order valence-corrected chi connectivity index (χ2v) is 7.69. The van der Waals surface area contributed by atoms with E-state index in [9.17, 15) is 4.79 Å². The normalized spacial score (nSPS) is 11.1. The third kappa shape index (κ3) is 2.98. The van der Waals surface area contributed by atoms with Gasteiger partial charge in [-0.05, 0) is 37.7 Å². The van der Waals surface area contributed by atoms with Gasteiger partial charge in [-0.1, -0.05) is 42.2 Å². The summed E-state index contributed by atoms with van der Waals surface area (Å²) in [6.45, 7) is 7.97. The predicted molar refractivity (Wildman–Crippen MR) is 94.7 cm³/mol. The van der Waals surface area contributed by atoms with E-state index in [1.807, 2.05) is 39.8 Å². The van der Waals surface area contributed by atoms with Crippen LogP contribution in [0.3, 0.4) is 0 Å². The molecular formula is C16H17N3O2S2. The maximum absolute atomic E-state index is 12.5. The van der Waals surface area contributed by atoms with Crippen LogP contribution in [0, 0.1) is 20.8 Å². The van der Waals surface area contributed by atoms with Crippen molar-refractivity contribution in [1.29, 1.82) is 0 Å². The van der Waals surface area contributed by atoms with Gasteiger partial charge in [0, 0.05) is 10.9 Å². The lowest BCUT2D eigenvalue weighted by atomic mass is 10.0. The first-order valence-electron chi connectivity index (χ1n) is 7.28. The van der Waals surface area contributed by atoms with Crippen molar-refractivity contribution in [3.8, 4) is 0 Å². The number of nitrogens with one attached hydrogen (secondary N) is 1. The number of anilines is 1. The monoisotopic (exact) mass is 347 g/mol. The van der Waals surface area contributed by atoms with Gasteiger partial charge in [0.05, 0.1) is 0 Å². The van der Waals surface area contributed by atoms with E-state index in [1.165, 1.54) is 11.3 Å². The number of nitrogens with zero attached hydrogens (tertiary/aromatic N) is 2. The Kier molecular flexibility index (Phi) is 4.41. The summed E-state index contributed by atoms with van der Waals surface area (Å²) < 4.78 is 6.68. The fraction of sp³-hybridized carbons (Fsp3) is 0.312. The molecule has 2 aromatic heterocycles. The standard InChI is InChI=1S/C16H17N3O2S2/c1-5-22-16-19-18-15(23-16)17-14(20)13-10(4)11-7-6-8(2)9(3)12(11)21-13/h6-7H,5H2,1-4H3,(H,17,18,20). The maximum Gasteiger partial charge on any atom is 0.293 e. The van der Waals surface area contributed by atoms with E-state index in [0.717, 1.165) is 37.8 Å². The molecule has 5 nitrogen and oxygen atoms in total. The van der Waals surface area contributed by atoms with E-state index in [1.54, 1.807) is 11.8 Å². The third-order valence-electron chi connectivity index (χ3n) is 3.73. The molecule has 120 valence electrons. The Morgan fingerprint density at radius 3 is 2.78 bits per heavy atom. The predicted octanol–water partition coefficient (Wildman–Crippen LogP) is 4.57. The van der Waals surface area contributed by atoms with Crippen molar-refractivity contribution in [2.45, 2.75) is 32.0 Å². The molecule has 0 bridgehead atoms. The molecule has 0 radical (unpaired) electrons. The highest BCUT2D eigenvalue weighted by atomic mass is 32.2. The number of carbonyl (C=O) groups is 1. The molecule has 0 saturated carbocycles. The van der Waals surface area contributed by atoms with Crippen LogP contribution in [0.1, 0.15) is 34.2 Å². The molecule has 3 rings (SSSR count). The fourth-order valence-electron chi connectivity index (χ4n) is 2.33. The molecule has 1 N–H and O–H groups in total. The van der Waals surface area contributed by atoms with Crippen molar-refractivity contribution < 1.29 is 9.21 Å². The first-order valence-corrected chi connectivity index (χ1v) is 9.08. The molecule has 0 saturated heterocycles. The van der Waals surface area contributed by atoms with Crippen molar-refractivity contribution >= 4 is 45.1 Å². The largest absolute Gasteiger partial charge is 0.450 e. The second-order valence-electron chi connectivity index (χ2n) is 5.20. The quantitative estimate of drug-likeness (QED) is 0.553. The minimum atomic E-state index is -0.292. The van der Waals surface area contributed by atoms with Crippen molar-refractivity contribution in [2.75, 3.05) is 11.1 Å². The van der Waals surface area contributed by atoms with Crippen LogP contribution in [0.4, 0.5) is 5.13 Å². The number of benzene rings is 1. The summed E-state index contributed by atoms with van der Waals surface area (Å²) in [5.74, 6) is 0.956. The summed E-state index contributed by atoms with van der Waals surface area (Å²) in [4.78, 5) is 12.5. The number of rotatable bonds is 4. The number of carbonyl (C=O) groups excluding carboxylic acids is 1. The highest BCUT2D eigenvalue weighted by molar-refractivity contribution is 8.01. The van der Waals surface area contributed by atoms with Gasteiger partial charge in [-0.2, -0.15) is 0 Å². The average Bonchev–Trinajstić information content (AvgIpc) is 3.09. The Hall–Kier alpha value is -1.86. The van der Waals surface area contributed by atoms with Crippen LogP contribution < -0.4 is 5.32 Å². The van der Waals surface area contributed by atoms with Gasteiger partial charge in [0.2, 0.25) is 5.13 Å². The first kappa shape index (κ1) is 16.0. The number of aryl methyl sites for hydroxylation is 3. The summed E-state index contributed by atoms with van der Waals surface area (Å²) >= 11 is 2.97. The molecule has 1 amide bonds. The van der Waals surface area contributed by atoms with Crippen LogP contribution in [-0.2, 0) is 0 Å². The molecule has 23 heavy (non-hydrogen) atoms. The van der Waals surface area contributed by atoms with Gasteiger partial charge >= 0.3 is 0 Å². The molecule has 0 aliphatic heterocycles. The number of furan rings is 1. The molecule has 1 aromatic carbocycles. The van der Waals surface area contributed by atoms with Gasteiger partial charge in [0.15, 0.2) is 10.1 Å². The zero-order valence-electron chi connectivity index (χ0n) is 13.4. The molecular weight excluding hydrogens is 330 g/mol. The molecule has 3 aromatic rings. The Balaban J connectivity index is 1.91. The average molecular weight is 347 g/mol. The van der Waals surface area contributed by atoms with E-state index < -0.39 is 0 Å². The summed E-state index contributed by atoms with van der Waals surface area (Å²) in [6.07, 6.45) is 0. The van der Waals surface area contributed by atoms with Crippen LogP contribution in [0.15, 0.2) is 20.9 Å². The van der Waals surface area contributed by atoms with Crippen molar-refractivity contribution in [1.82, 2.24) is 10.2 Å². The van der Waals surface area contributed by atoms with E-state index >= 15 is 0 Å². The van der Waals surface area contributed by atoms with Crippen LogP contribution in [0.2, 0.25) is 0 Å². The number of hydrogen-bond donors (Lipinski definition) is 1. The third-order valence-corrected chi connectivity index (χ3v) is 5.58. The molecule has 0 spiro atoms. The SMILES string of the molecule is CCSc1nnc(NC(=O)c2oc3c(C)c(C)ccc3c2C)s1. The number of hydrogen-bond acceptors (Lipinski definition) is 6. The Bertz CT molecular complexity index is 883. The fourth-order valence-corrected chi connectivity index (χ4v) is 3.97. The molecule has 7 heteroatoms. The van der Waals surface area contributed by atoms with E-state index in [4.69, 9.17) is 4.42 Å². The van der Waals surface area contributed by atoms with E-state index in [0.29, 0.717) is 10.9 Å². The summed E-state index contributed by atoms with van der Waals surface area (Å²) in [5, 5.41) is 12.2. The smallest absolute Gasteiger partial charge is 0.293 e. The van der Waals surface area contributed by atoms with Gasteiger partial charge < -0.3 is 4.42 Å². The molecule has 0 fully saturated rings. The lowest BCUT2D eigenvalue weighted by molar-refractivity contribution is 0.0998. The van der Waals surface area contributed by atoms with Crippen LogP contribution in [0.5, 0.6) is 0 Å². The van der Waals surface area contributed by atoms with Gasteiger partial charge in [0.25, 0.3) is 5.91 Å². The zero-order chi connectivity index (χ0) is 16.6. The molecule has 0 aliphatic carbocycles. The molecule has 2 heterocycles. The number of amides is 1. The van der Waals surface area contributed by atoms with Crippen molar-refractivity contribution in [3.05, 3.63) is 34.6 Å². The highest BCUT2D eigenvalue weighted by Crippen LogP contribution is 2.31. The maximum atomic E-state index is 12.5. The van der Waals surface area contributed by atoms with Crippen molar-refractivity contribution in [3.63, 3.8) is 0 Å². The molecule has 0 unspecified atom stereocenters. The highest BCUT2D eigenvalue weighted by Gasteiger charge is 2.20. The summed E-state index contributed by atoms with van der Waals surface area (Å²) in [6, 6.07) is 4.04. The number of aromatic nitrogens is 2. The Morgan fingerprint density at radius 2 is 2.04 bits per heavy atom. The van der Waals surface area contributed by atoms with E-state index in [2.05, 4.69) is 15.5 Å². The van der Waals surface area contributed by atoms with E-state index in [-0.39, 0.29) is 5.91 Å².